The summed E-state index contributed by atoms with van der Waals surface area (Å²) in [7, 11) is 0. The first-order valence-electron chi connectivity index (χ1n) is 6.96. The Hall–Kier alpha value is -1.92. The van der Waals surface area contributed by atoms with Gasteiger partial charge in [0.15, 0.2) is 5.82 Å². The van der Waals surface area contributed by atoms with E-state index in [2.05, 4.69) is 10.1 Å². The summed E-state index contributed by atoms with van der Waals surface area (Å²) >= 11 is 0. The molecule has 0 unspecified atom stereocenters. The molecule has 1 aliphatic rings. The van der Waals surface area contributed by atoms with Gasteiger partial charge in [0, 0.05) is 13.0 Å². The molecule has 2 rings (SSSR count). The Morgan fingerprint density at radius 3 is 2.70 bits per heavy atom. The largest absolute Gasteiger partial charge is 0.339 e. The van der Waals surface area contributed by atoms with Gasteiger partial charge in [0.2, 0.25) is 17.7 Å². The van der Waals surface area contributed by atoms with Crippen LogP contribution in [0, 0.1) is 0 Å². The lowest BCUT2D eigenvalue weighted by atomic mass is 10.1. The van der Waals surface area contributed by atoms with Crippen molar-refractivity contribution in [2.75, 3.05) is 13.1 Å². The molecule has 7 heteroatoms. The van der Waals surface area contributed by atoms with E-state index in [1.54, 1.807) is 11.8 Å². The third-order valence-corrected chi connectivity index (χ3v) is 3.40. The number of piperazine rings is 1. The van der Waals surface area contributed by atoms with E-state index in [4.69, 9.17) is 4.52 Å². The minimum absolute atomic E-state index is 0.0225. The van der Waals surface area contributed by atoms with E-state index in [0.29, 0.717) is 24.7 Å². The Balaban J connectivity index is 2.08. The molecule has 0 saturated carbocycles. The fourth-order valence-electron chi connectivity index (χ4n) is 2.28. The molecule has 0 aliphatic carbocycles. The van der Waals surface area contributed by atoms with Gasteiger partial charge in [-0.25, -0.2) is 0 Å². The number of aromatic nitrogens is 2. The molecule has 0 aromatic carbocycles. The smallest absolute Gasteiger partial charge is 0.245 e. The van der Waals surface area contributed by atoms with Crippen LogP contribution in [0.1, 0.15) is 38.9 Å². The van der Waals surface area contributed by atoms with Crippen molar-refractivity contribution in [1.82, 2.24) is 19.9 Å². The van der Waals surface area contributed by atoms with Crippen molar-refractivity contribution < 1.29 is 14.1 Å². The first-order valence-corrected chi connectivity index (χ1v) is 6.96. The van der Waals surface area contributed by atoms with Crippen LogP contribution in [0.15, 0.2) is 4.52 Å². The summed E-state index contributed by atoms with van der Waals surface area (Å²) in [5.41, 5.74) is 0. The fourth-order valence-corrected chi connectivity index (χ4v) is 2.28. The molecule has 1 fully saturated rings. The average molecular weight is 280 g/mol. The van der Waals surface area contributed by atoms with Crippen LogP contribution in [0.3, 0.4) is 0 Å². The maximum atomic E-state index is 12.2. The molecule has 1 aliphatic heterocycles. The lowest BCUT2D eigenvalue weighted by molar-refractivity contribution is -0.155. The Kier molecular flexibility index (Phi) is 4.36. The van der Waals surface area contributed by atoms with E-state index in [1.807, 2.05) is 13.8 Å². The van der Waals surface area contributed by atoms with E-state index < -0.39 is 6.04 Å². The van der Waals surface area contributed by atoms with Gasteiger partial charge in [0.05, 0.1) is 13.1 Å². The highest BCUT2D eigenvalue weighted by Crippen LogP contribution is 2.15. The van der Waals surface area contributed by atoms with Gasteiger partial charge < -0.3 is 14.3 Å². The number of carbonyl (C=O) groups excluding carboxylic acids is 2. The van der Waals surface area contributed by atoms with Gasteiger partial charge in [-0.05, 0) is 13.3 Å². The third kappa shape index (κ3) is 2.81. The molecular formula is C13H20N4O3. The highest BCUT2D eigenvalue weighted by Gasteiger charge is 2.36. The zero-order valence-corrected chi connectivity index (χ0v) is 12.1. The molecule has 1 aromatic rings. The second-order valence-electron chi connectivity index (χ2n) is 4.92. The van der Waals surface area contributed by atoms with E-state index >= 15 is 0 Å². The van der Waals surface area contributed by atoms with Gasteiger partial charge >= 0.3 is 0 Å². The predicted molar refractivity (Wildman–Crippen MR) is 70.6 cm³/mol. The Labute approximate surface area is 117 Å². The first kappa shape index (κ1) is 14.5. The van der Waals surface area contributed by atoms with E-state index in [-0.39, 0.29) is 24.9 Å². The minimum atomic E-state index is -0.480. The van der Waals surface area contributed by atoms with Gasteiger partial charge in [0.25, 0.3) is 0 Å². The highest BCUT2D eigenvalue weighted by atomic mass is 16.5. The fraction of sp³-hybridized carbons (Fsp3) is 0.692. The SMILES string of the molecule is CCCN1CC(=O)N(Cc2noc(CC)n2)[C@@H](C)C1=O. The van der Waals surface area contributed by atoms with Crippen molar-refractivity contribution in [1.29, 1.82) is 0 Å². The predicted octanol–water partition coefficient (Wildman–Crippen LogP) is 0.601. The van der Waals surface area contributed by atoms with Crippen LogP contribution < -0.4 is 0 Å². The molecule has 0 N–H and O–H groups in total. The average Bonchev–Trinajstić information content (AvgIpc) is 2.89. The van der Waals surface area contributed by atoms with Gasteiger partial charge in [-0.1, -0.05) is 19.0 Å². The molecule has 0 radical (unpaired) electrons. The lowest BCUT2D eigenvalue weighted by Gasteiger charge is -2.38. The van der Waals surface area contributed by atoms with Crippen molar-refractivity contribution in [3.8, 4) is 0 Å². The van der Waals surface area contributed by atoms with E-state index in [1.165, 1.54) is 4.90 Å². The van der Waals surface area contributed by atoms with Crippen molar-refractivity contribution in [2.24, 2.45) is 0 Å². The van der Waals surface area contributed by atoms with Crippen molar-refractivity contribution in [2.45, 2.75) is 46.2 Å². The first-order chi connectivity index (χ1) is 9.56. The summed E-state index contributed by atoms with van der Waals surface area (Å²) < 4.78 is 5.02. The number of carbonyl (C=O) groups is 2. The Bertz CT molecular complexity index is 500. The number of nitrogens with zero attached hydrogens (tertiary/aromatic N) is 4. The van der Waals surface area contributed by atoms with Crippen molar-refractivity contribution in [3.05, 3.63) is 11.7 Å². The quantitative estimate of drug-likeness (QED) is 0.789. The number of hydrogen-bond acceptors (Lipinski definition) is 5. The van der Waals surface area contributed by atoms with Crippen LogP contribution in [-0.4, -0.2) is 50.9 Å². The summed E-state index contributed by atoms with van der Waals surface area (Å²) in [5, 5.41) is 3.83. The summed E-state index contributed by atoms with van der Waals surface area (Å²) in [6, 6.07) is -0.480. The summed E-state index contributed by atoms with van der Waals surface area (Å²) in [5.74, 6) is 0.883. The number of amides is 2. The second kappa shape index (κ2) is 6.02. The maximum absolute atomic E-state index is 12.2. The maximum Gasteiger partial charge on any atom is 0.245 e. The summed E-state index contributed by atoms with van der Waals surface area (Å²) in [4.78, 5) is 31.6. The molecule has 1 atom stereocenters. The van der Waals surface area contributed by atoms with Gasteiger partial charge in [-0.3, -0.25) is 9.59 Å². The van der Waals surface area contributed by atoms with Gasteiger partial charge in [0.1, 0.15) is 6.04 Å². The Morgan fingerprint density at radius 1 is 1.35 bits per heavy atom. The van der Waals surface area contributed by atoms with Gasteiger partial charge in [-0.2, -0.15) is 4.98 Å². The molecule has 1 aromatic heterocycles. The van der Waals surface area contributed by atoms with E-state index in [0.717, 1.165) is 6.42 Å². The highest BCUT2D eigenvalue weighted by molar-refractivity contribution is 5.94. The summed E-state index contributed by atoms with van der Waals surface area (Å²) in [6.45, 7) is 6.61. The molecule has 110 valence electrons. The number of hydrogen-bond donors (Lipinski definition) is 0. The molecule has 0 bridgehead atoms. The molecule has 1 saturated heterocycles. The van der Waals surface area contributed by atoms with Crippen LogP contribution in [-0.2, 0) is 22.6 Å². The third-order valence-electron chi connectivity index (χ3n) is 3.40. The normalized spacial score (nSPS) is 19.9. The van der Waals surface area contributed by atoms with Crippen LogP contribution in [0.4, 0.5) is 0 Å². The molecule has 2 amide bonds. The van der Waals surface area contributed by atoms with Crippen LogP contribution in [0.25, 0.3) is 0 Å². The van der Waals surface area contributed by atoms with Crippen LogP contribution in [0.5, 0.6) is 0 Å². The molecule has 20 heavy (non-hydrogen) atoms. The zero-order valence-electron chi connectivity index (χ0n) is 12.1. The van der Waals surface area contributed by atoms with E-state index in [9.17, 15) is 9.59 Å². The monoisotopic (exact) mass is 280 g/mol. The Morgan fingerprint density at radius 2 is 2.10 bits per heavy atom. The lowest BCUT2D eigenvalue weighted by Crippen LogP contribution is -2.58. The number of aryl methyl sites for hydroxylation is 1. The van der Waals surface area contributed by atoms with Gasteiger partial charge in [-0.15, -0.1) is 0 Å². The summed E-state index contributed by atoms with van der Waals surface area (Å²) in [6.07, 6.45) is 1.50. The molecular weight excluding hydrogens is 260 g/mol. The molecule has 0 spiro atoms. The zero-order chi connectivity index (χ0) is 14.7. The van der Waals surface area contributed by atoms with Crippen LogP contribution in [0.2, 0.25) is 0 Å². The van der Waals surface area contributed by atoms with Crippen molar-refractivity contribution >= 4 is 11.8 Å². The molecule has 2 heterocycles. The topological polar surface area (TPSA) is 79.5 Å². The number of rotatable bonds is 5. The minimum Gasteiger partial charge on any atom is -0.339 e. The van der Waals surface area contributed by atoms with Crippen molar-refractivity contribution in [3.63, 3.8) is 0 Å². The standard InChI is InChI=1S/C13H20N4O3/c1-4-6-16-8-12(18)17(9(3)13(16)19)7-10-14-11(5-2)20-15-10/h9H,4-8H2,1-3H3/t9-/m0/s1. The molecule has 7 nitrogen and oxygen atoms in total. The second-order valence-corrected chi connectivity index (χ2v) is 4.92. The van der Waals surface area contributed by atoms with Crippen LogP contribution >= 0.6 is 0 Å².